The molecule has 112 valence electrons. The van der Waals surface area contributed by atoms with E-state index in [0.29, 0.717) is 6.04 Å². The number of piperidine rings is 1. The normalized spacial score (nSPS) is 32.4. The van der Waals surface area contributed by atoms with Gasteiger partial charge in [0.25, 0.3) is 0 Å². The summed E-state index contributed by atoms with van der Waals surface area (Å²) in [6.45, 7) is 5.30. The molecular formula is C16H32N2O. The van der Waals surface area contributed by atoms with Gasteiger partial charge in [0.1, 0.15) is 0 Å². The molecule has 3 heteroatoms. The Kier molecular flexibility index (Phi) is 5.67. The average molecular weight is 268 g/mol. The number of likely N-dealkylation sites (tertiary alicyclic amines) is 1. The smallest absolute Gasteiger partial charge is 0.0777 e. The van der Waals surface area contributed by atoms with Crippen molar-refractivity contribution in [3.05, 3.63) is 0 Å². The third-order valence-electron chi connectivity index (χ3n) is 5.30. The Morgan fingerprint density at radius 3 is 2.63 bits per heavy atom. The standard InChI is InChI=1S/C16H32N2O/c1-16(19-2)9-6-10-18(13-16)15(12-17)11-14-7-4-3-5-8-14/h14-15H,3-13,17H2,1-2H3. The molecule has 0 amide bonds. The van der Waals surface area contributed by atoms with Gasteiger partial charge in [0, 0.05) is 26.2 Å². The number of nitrogens with zero attached hydrogens (tertiary/aromatic N) is 1. The van der Waals surface area contributed by atoms with Crippen molar-refractivity contribution >= 4 is 0 Å². The minimum atomic E-state index is 0.0399. The second kappa shape index (κ2) is 7.05. The lowest BCUT2D eigenvalue weighted by Crippen LogP contribution is -2.53. The summed E-state index contributed by atoms with van der Waals surface area (Å²) in [7, 11) is 1.85. The molecule has 2 rings (SSSR count). The van der Waals surface area contributed by atoms with Crippen LogP contribution in [0.4, 0.5) is 0 Å². The van der Waals surface area contributed by atoms with Crippen LogP contribution in [-0.4, -0.2) is 43.3 Å². The van der Waals surface area contributed by atoms with Crippen LogP contribution in [0.5, 0.6) is 0 Å². The van der Waals surface area contributed by atoms with Crippen molar-refractivity contribution in [1.82, 2.24) is 4.90 Å². The summed E-state index contributed by atoms with van der Waals surface area (Å²) < 4.78 is 5.71. The summed E-state index contributed by atoms with van der Waals surface area (Å²) >= 11 is 0. The van der Waals surface area contributed by atoms with Gasteiger partial charge in [-0.25, -0.2) is 0 Å². The summed E-state index contributed by atoms with van der Waals surface area (Å²) in [5.41, 5.74) is 6.11. The number of ether oxygens (including phenoxy) is 1. The SMILES string of the molecule is COC1(C)CCCN(C(CN)CC2CCCCC2)C1. The summed E-state index contributed by atoms with van der Waals surface area (Å²) in [5, 5.41) is 0. The number of rotatable bonds is 5. The van der Waals surface area contributed by atoms with Crippen molar-refractivity contribution < 1.29 is 4.74 Å². The molecule has 2 unspecified atom stereocenters. The molecule has 1 aliphatic heterocycles. The summed E-state index contributed by atoms with van der Waals surface area (Å²) in [5.74, 6) is 0.915. The quantitative estimate of drug-likeness (QED) is 0.833. The Morgan fingerprint density at radius 2 is 2.00 bits per heavy atom. The average Bonchev–Trinajstić information content (AvgIpc) is 2.46. The highest BCUT2D eigenvalue weighted by atomic mass is 16.5. The van der Waals surface area contributed by atoms with Gasteiger partial charge in [0.05, 0.1) is 5.60 Å². The van der Waals surface area contributed by atoms with Gasteiger partial charge in [-0.3, -0.25) is 4.90 Å². The van der Waals surface area contributed by atoms with Crippen LogP contribution >= 0.6 is 0 Å². The Balaban J connectivity index is 1.89. The molecule has 0 spiro atoms. The first-order valence-electron chi connectivity index (χ1n) is 8.16. The van der Waals surface area contributed by atoms with Gasteiger partial charge in [-0.15, -0.1) is 0 Å². The van der Waals surface area contributed by atoms with Crippen molar-refractivity contribution in [1.29, 1.82) is 0 Å². The highest BCUT2D eigenvalue weighted by Crippen LogP contribution is 2.31. The summed E-state index contributed by atoms with van der Waals surface area (Å²) in [6, 6.07) is 0.567. The molecule has 0 aromatic rings. The van der Waals surface area contributed by atoms with E-state index in [1.165, 1.54) is 57.9 Å². The predicted octanol–water partition coefficient (Wildman–Crippen LogP) is 2.79. The van der Waals surface area contributed by atoms with Crippen LogP contribution in [0.25, 0.3) is 0 Å². The number of hydrogen-bond donors (Lipinski definition) is 1. The molecule has 2 fully saturated rings. The minimum absolute atomic E-state index is 0.0399. The number of nitrogens with two attached hydrogens (primary N) is 1. The molecule has 0 aromatic carbocycles. The first-order valence-corrected chi connectivity index (χ1v) is 8.16. The molecule has 0 bridgehead atoms. The van der Waals surface area contributed by atoms with E-state index in [4.69, 9.17) is 10.5 Å². The van der Waals surface area contributed by atoms with E-state index < -0.39 is 0 Å². The molecule has 1 aliphatic carbocycles. The molecule has 1 saturated carbocycles. The topological polar surface area (TPSA) is 38.5 Å². The van der Waals surface area contributed by atoms with Crippen molar-refractivity contribution in [2.24, 2.45) is 11.7 Å². The zero-order chi connectivity index (χ0) is 13.7. The molecule has 19 heavy (non-hydrogen) atoms. The van der Waals surface area contributed by atoms with Crippen molar-refractivity contribution in [2.75, 3.05) is 26.7 Å². The Bertz CT molecular complexity index is 265. The third kappa shape index (κ3) is 4.17. The Labute approximate surface area is 118 Å². The van der Waals surface area contributed by atoms with E-state index >= 15 is 0 Å². The molecule has 1 heterocycles. The van der Waals surface area contributed by atoms with E-state index in [1.54, 1.807) is 0 Å². The van der Waals surface area contributed by atoms with E-state index in [1.807, 2.05) is 7.11 Å². The van der Waals surface area contributed by atoms with Gasteiger partial charge in [-0.1, -0.05) is 32.1 Å². The maximum atomic E-state index is 6.07. The first kappa shape index (κ1) is 15.3. The van der Waals surface area contributed by atoms with Gasteiger partial charge in [0.2, 0.25) is 0 Å². The lowest BCUT2D eigenvalue weighted by Gasteiger charge is -2.44. The van der Waals surface area contributed by atoms with Crippen LogP contribution in [0.2, 0.25) is 0 Å². The fourth-order valence-electron chi connectivity index (χ4n) is 3.92. The maximum Gasteiger partial charge on any atom is 0.0777 e. The molecule has 2 aliphatic rings. The molecule has 0 radical (unpaired) electrons. The second-order valence-electron chi connectivity index (χ2n) is 6.86. The molecule has 1 saturated heterocycles. The lowest BCUT2D eigenvalue weighted by molar-refractivity contribution is -0.0628. The summed E-state index contributed by atoms with van der Waals surface area (Å²) in [4.78, 5) is 2.60. The second-order valence-corrected chi connectivity index (χ2v) is 6.86. The van der Waals surface area contributed by atoms with Crippen LogP contribution in [0.15, 0.2) is 0 Å². The van der Waals surface area contributed by atoms with Crippen molar-refractivity contribution in [2.45, 2.75) is 69.9 Å². The monoisotopic (exact) mass is 268 g/mol. The minimum Gasteiger partial charge on any atom is -0.377 e. The molecular weight excluding hydrogens is 236 g/mol. The van der Waals surface area contributed by atoms with Crippen LogP contribution in [0.1, 0.15) is 58.3 Å². The fraction of sp³-hybridized carbons (Fsp3) is 1.00. The highest BCUT2D eigenvalue weighted by Gasteiger charge is 2.34. The van der Waals surface area contributed by atoms with Crippen LogP contribution in [0.3, 0.4) is 0 Å². The van der Waals surface area contributed by atoms with E-state index in [9.17, 15) is 0 Å². The van der Waals surface area contributed by atoms with E-state index in [2.05, 4.69) is 11.8 Å². The van der Waals surface area contributed by atoms with Crippen molar-refractivity contribution in [3.63, 3.8) is 0 Å². The fourth-order valence-corrected chi connectivity index (χ4v) is 3.92. The van der Waals surface area contributed by atoms with Crippen LogP contribution in [0, 0.1) is 5.92 Å². The molecule has 0 aromatic heterocycles. The van der Waals surface area contributed by atoms with Crippen LogP contribution < -0.4 is 5.73 Å². The number of hydrogen-bond acceptors (Lipinski definition) is 3. The van der Waals surface area contributed by atoms with E-state index in [0.717, 1.165) is 19.0 Å². The van der Waals surface area contributed by atoms with Gasteiger partial charge in [-0.2, -0.15) is 0 Å². The largest absolute Gasteiger partial charge is 0.377 e. The van der Waals surface area contributed by atoms with Gasteiger partial charge >= 0.3 is 0 Å². The lowest BCUT2D eigenvalue weighted by atomic mass is 9.83. The van der Waals surface area contributed by atoms with Gasteiger partial charge < -0.3 is 10.5 Å². The molecule has 2 N–H and O–H groups in total. The highest BCUT2D eigenvalue weighted by molar-refractivity contribution is 4.89. The Morgan fingerprint density at radius 1 is 1.26 bits per heavy atom. The van der Waals surface area contributed by atoms with Crippen molar-refractivity contribution in [3.8, 4) is 0 Å². The Hall–Kier alpha value is -0.120. The maximum absolute atomic E-state index is 6.07. The third-order valence-corrected chi connectivity index (χ3v) is 5.30. The van der Waals surface area contributed by atoms with E-state index in [-0.39, 0.29) is 5.60 Å². The zero-order valence-corrected chi connectivity index (χ0v) is 12.9. The zero-order valence-electron chi connectivity index (χ0n) is 12.9. The number of methoxy groups -OCH3 is 1. The van der Waals surface area contributed by atoms with Crippen LogP contribution in [-0.2, 0) is 4.74 Å². The van der Waals surface area contributed by atoms with Gasteiger partial charge in [-0.05, 0) is 38.6 Å². The van der Waals surface area contributed by atoms with Gasteiger partial charge in [0.15, 0.2) is 0 Å². The first-order chi connectivity index (χ1) is 9.17. The summed E-state index contributed by atoms with van der Waals surface area (Å²) in [6.07, 6.45) is 10.9. The molecule has 2 atom stereocenters. The molecule has 3 nitrogen and oxygen atoms in total. The predicted molar refractivity (Wildman–Crippen MR) is 80.3 cm³/mol.